The van der Waals surface area contributed by atoms with Crippen LogP contribution >= 0.6 is 22.6 Å². The second-order valence-electron chi connectivity index (χ2n) is 8.99. The van der Waals surface area contributed by atoms with Crippen molar-refractivity contribution in [2.45, 2.75) is 83.0 Å². The van der Waals surface area contributed by atoms with Crippen LogP contribution in [0.3, 0.4) is 0 Å². The first-order valence-corrected chi connectivity index (χ1v) is 9.44. The Bertz CT molecular complexity index is 383. The van der Waals surface area contributed by atoms with Crippen molar-refractivity contribution in [3.05, 3.63) is 0 Å². The first-order valence-electron chi connectivity index (χ1n) is 8.36. The zero-order chi connectivity index (χ0) is 14.1. The topological polar surface area (TPSA) is 0 Å². The fourth-order valence-corrected chi connectivity index (χ4v) is 7.28. The van der Waals surface area contributed by atoms with Gasteiger partial charge in [0.2, 0.25) is 0 Å². The molecule has 0 aromatic heterocycles. The third kappa shape index (κ3) is 1.96. The largest absolute Gasteiger partial charge is 0.0792 e. The Morgan fingerprint density at radius 3 is 2.26 bits per heavy atom. The third-order valence-electron chi connectivity index (χ3n) is 7.81. The number of alkyl halides is 1. The molecular weight excluding hydrogens is 343 g/mol. The van der Waals surface area contributed by atoms with Crippen molar-refractivity contribution in [1.29, 1.82) is 0 Å². The van der Waals surface area contributed by atoms with Crippen LogP contribution in [-0.4, -0.2) is 3.42 Å². The Labute approximate surface area is 133 Å². The molecule has 0 aromatic carbocycles. The molecule has 3 fully saturated rings. The summed E-state index contributed by atoms with van der Waals surface area (Å²) in [6.07, 6.45) is 10.3. The number of halogens is 1. The monoisotopic (exact) mass is 374 g/mol. The van der Waals surface area contributed by atoms with Crippen LogP contribution < -0.4 is 0 Å². The van der Waals surface area contributed by atoms with E-state index in [1.807, 2.05) is 0 Å². The molecule has 3 aliphatic rings. The summed E-state index contributed by atoms with van der Waals surface area (Å²) in [6, 6.07) is 0. The predicted molar refractivity (Wildman–Crippen MR) is 91.7 cm³/mol. The van der Waals surface area contributed by atoms with Crippen molar-refractivity contribution in [2.75, 3.05) is 0 Å². The maximum absolute atomic E-state index is 2.76. The van der Waals surface area contributed by atoms with Crippen LogP contribution in [0.4, 0.5) is 0 Å². The van der Waals surface area contributed by atoms with Gasteiger partial charge in [-0.2, -0.15) is 0 Å². The number of hydrogen-bond acceptors (Lipinski definition) is 0. The Kier molecular flexibility index (Phi) is 3.19. The fraction of sp³-hybridized carbons (Fsp3) is 1.00. The lowest BCUT2D eigenvalue weighted by Gasteiger charge is -2.53. The molecule has 19 heavy (non-hydrogen) atoms. The lowest BCUT2D eigenvalue weighted by molar-refractivity contribution is -0.0120. The number of fused-ring (bicyclic) bond motifs is 1. The highest BCUT2D eigenvalue weighted by Gasteiger charge is 2.70. The molecule has 0 bridgehead atoms. The van der Waals surface area contributed by atoms with Gasteiger partial charge in [0.05, 0.1) is 0 Å². The fourth-order valence-electron chi connectivity index (χ4n) is 6.14. The van der Waals surface area contributed by atoms with E-state index < -0.39 is 0 Å². The van der Waals surface area contributed by atoms with Gasteiger partial charge in [-0.15, -0.1) is 0 Å². The summed E-state index contributed by atoms with van der Waals surface area (Å²) in [6.45, 7) is 12.7. The van der Waals surface area contributed by atoms with E-state index in [1.165, 1.54) is 44.9 Å². The summed E-state index contributed by atoms with van der Waals surface area (Å²) in [5, 5.41) is 0. The van der Waals surface area contributed by atoms with Gasteiger partial charge in [-0.3, -0.25) is 0 Å². The van der Waals surface area contributed by atoms with E-state index in [1.54, 1.807) is 0 Å². The van der Waals surface area contributed by atoms with Crippen molar-refractivity contribution in [2.24, 2.45) is 28.1 Å². The molecule has 3 saturated carbocycles. The highest BCUT2D eigenvalue weighted by Crippen LogP contribution is 2.78. The average Bonchev–Trinajstić information content (AvgIpc) is 2.92. The molecule has 0 nitrogen and oxygen atoms in total. The summed E-state index contributed by atoms with van der Waals surface area (Å²) in [5.41, 5.74) is 1.89. The molecule has 1 heteroatoms. The molecule has 0 radical (unpaired) electrons. The van der Waals surface area contributed by atoms with Crippen LogP contribution in [0.2, 0.25) is 0 Å². The van der Waals surface area contributed by atoms with Crippen molar-refractivity contribution in [1.82, 2.24) is 0 Å². The Balaban J connectivity index is 1.91. The molecule has 0 N–H and O–H groups in total. The van der Waals surface area contributed by atoms with Gasteiger partial charge in [0, 0.05) is 3.42 Å². The standard InChI is InChI=1S/C18H31I/c1-6-18(9-7-8-16(4,19)12-18)14-10-13-11-17(13,5)15(14,2)3/h13-14H,6-12H2,1-5H3/t13-,14?,16?,17?,18?/m0/s1. The lowest BCUT2D eigenvalue weighted by Crippen LogP contribution is -2.46. The van der Waals surface area contributed by atoms with Gasteiger partial charge < -0.3 is 0 Å². The second-order valence-corrected chi connectivity index (χ2v) is 11.6. The van der Waals surface area contributed by atoms with E-state index in [9.17, 15) is 0 Å². The van der Waals surface area contributed by atoms with E-state index >= 15 is 0 Å². The SMILES string of the molecule is CCC1(C2C[C@H]3CC3(C)C2(C)C)CCCC(C)(I)C1. The van der Waals surface area contributed by atoms with Gasteiger partial charge in [0.15, 0.2) is 0 Å². The molecule has 0 amide bonds. The predicted octanol–water partition coefficient (Wildman–Crippen LogP) is 6.22. The molecule has 0 aromatic rings. The molecular formula is C18H31I. The lowest BCUT2D eigenvalue weighted by atomic mass is 9.53. The van der Waals surface area contributed by atoms with E-state index in [0.29, 0.717) is 19.7 Å². The average molecular weight is 374 g/mol. The van der Waals surface area contributed by atoms with Gasteiger partial charge in [0.1, 0.15) is 0 Å². The molecule has 110 valence electrons. The molecule has 0 saturated heterocycles. The van der Waals surface area contributed by atoms with Crippen molar-refractivity contribution in [3.63, 3.8) is 0 Å². The molecule has 5 atom stereocenters. The maximum Gasteiger partial charge on any atom is 0.0199 e. The summed E-state index contributed by atoms with van der Waals surface area (Å²) in [4.78, 5) is 0. The summed E-state index contributed by atoms with van der Waals surface area (Å²) >= 11 is 2.76. The highest BCUT2D eigenvalue weighted by molar-refractivity contribution is 14.1. The first-order chi connectivity index (χ1) is 8.67. The van der Waals surface area contributed by atoms with Gasteiger partial charge in [0.25, 0.3) is 0 Å². The molecule has 0 heterocycles. The quantitative estimate of drug-likeness (QED) is 0.397. The van der Waals surface area contributed by atoms with Gasteiger partial charge in [-0.05, 0) is 60.2 Å². The molecule has 4 unspecified atom stereocenters. The van der Waals surface area contributed by atoms with Crippen molar-refractivity contribution in [3.8, 4) is 0 Å². The van der Waals surface area contributed by atoms with E-state index in [-0.39, 0.29) is 0 Å². The van der Waals surface area contributed by atoms with Crippen LogP contribution in [-0.2, 0) is 0 Å². The van der Waals surface area contributed by atoms with E-state index in [0.717, 1.165) is 11.8 Å². The molecule has 0 spiro atoms. The van der Waals surface area contributed by atoms with Crippen LogP contribution in [0.25, 0.3) is 0 Å². The zero-order valence-electron chi connectivity index (χ0n) is 13.5. The maximum atomic E-state index is 2.76. The van der Waals surface area contributed by atoms with Crippen LogP contribution in [0.1, 0.15) is 79.6 Å². The summed E-state index contributed by atoms with van der Waals surface area (Å²) in [5.74, 6) is 2.03. The summed E-state index contributed by atoms with van der Waals surface area (Å²) in [7, 11) is 0. The van der Waals surface area contributed by atoms with E-state index in [2.05, 4.69) is 57.2 Å². The molecule has 0 aliphatic heterocycles. The molecule has 3 rings (SSSR count). The Morgan fingerprint density at radius 1 is 1.11 bits per heavy atom. The number of rotatable bonds is 2. The smallest absolute Gasteiger partial charge is 0.0199 e. The molecule has 3 aliphatic carbocycles. The Morgan fingerprint density at radius 2 is 1.79 bits per heavy atom. The van der Waals surface area contributed by atoms with Crippen LogP contribution in [0.5, 0.6) is 0 Å². The van der Waals surface area contributed by atoms with Gasteiger partial charge in [-0.25, -0.2) is 0 Å². The van der Waals surface area contributed by atoms with Crippen LogP contribution in [0, 0.1) is 28.1 Å². The second kappa shape index (κ2) is 4.14. The number of hydrogen-bond donors (Lipinski definition) is 0. The van der Waals surface area contributed by atoms with Gasteiger partial charge >= 0.3 is 0 Å². The summed E-state index contributed by atoms with van der Waals surface area (Å²) < 4.78 is 0.551. The van der Waals surface area contributed by atoms with E-state index in [4.69, 9.17) is 0 Å². The minimum absolute atomic E-state index is 0.551. The minimum atomic E-state index is 0.551. The minimum Gasteiger partial charge on any atom is -0.0792 e. The first kappa shape index (κ1) is 14.7. The Hall–Kier alpha value is 0.730. The van der Waals surface area contributed by atoms with Crippen molar-refractivity contribution < 1.29 is 0 Å². The highest BCUT2D eigenvalue weighted by atomic mass is 127. The normalized spacial score (nSPS) is 55.9. The van der Waals surface area contributed by atoms with Crippen molar-refractivity contribution >= 4 is 22.6 Å². The third-order valence-corrected chi connectivity index (χ3v) is 8.73. The van der Waals surface area contributed by atoms with Crippen LogP contribution in [0.15, 0.2) is 0 Å². The van der Waals surface area contributed by atoms with Gasteiger partial charge in [-0.1, -0.05) is 70.1 Å². The zero-order valence-corrected chi connectivity index (χ0v) is 15.6.